The molecule has 3 fully saturated rings. The molecule has 2 bridgehead atoms. The van der Waals surface area contributed by atoms with Crippen LogP contribution in [0.2, 0.25) is 0 Å². The van der Waals surface area contributed by atoms with Gasteiger partial charge in [-0.25, -0.2) is 0 Å². The number of nitrogens with one attached hydrogen (secondary N) is 1. The highest BCUT2D eigenvalue weighted by Crippen LogP contribution is 2.64. The van der Waals surface area contributed by atoms with Crippen LogP contribution < -0.4 is 5.32 Å². The van der Waals surface area contributed by atoms with Gasteiger partial charge in [0.15, 0.2) is 0 Å². The Morgan fingerprint density at radius 2 is 2.12 bits per heavy atom. The minimum atomic E-state index is 0.298. The van der Waals surface area contributed by atoms with Crippen LogP contribution in [0.3, 0.4) is 0 Å². The minimum Gasteiger partial charge on any atom is -0.325 e. The van der Waals surface area contributed by atoms with Crippen molar-refractivity contribution in [3.05, 3.63) is 0 Å². The Hall–Kier alpha value is -0.570. The normalized spacial score (nSPS) is 45.7. The largest absolute Gasteiger partial charge is 0.325 e. The molecule has 0 spiro atoms. The lowest BCUT2D eigenvalue weighted by atomic mass is 9.68. The van der Waals surface area contributed by atoms with Crippen LogP contribution in [0.5, 0.6) is 0 Å². The molecule has 3 unspecified atom stereocenters. The van der Waals surface area contributed by atoms with Gasteiger partial charge in [-0.05, 0) is 36.0 Å². The van der Waals surface area contributed by atoms with Gasteiger partial charge in [-0.15, -0.1) is 0 Å². The first-order valence-electron chi connectivity index (χ1n) is 6.45. The van der Waals surface area contributed by atoms with E-state index in [2.05, 4.69) is 31.0 Å². The van der Waals surface area contributed by atoms with E-state index in [0.717, 1.165) is 12.6 Å². The monoisotopic (exact) mass is 222 g/mol. The summed E-state index contributed by atoms with van der Waals surface area (Å²) in [6.07, 6.45) is 3.97. The number of hydrogen-bond acceptors (Lipinski definition) is 2. The predicted octanol–water partition coefficient (Wildman–Crippen LogP) is 1.59. The number of carbonyl (C=O) groups is 1. The Bertz CT molecular complexity index is 334. The Labute approximate surface area is 97.6 Å². The van der Waals surface area contributed by atoms with E-state index in [1.54, 1.807) is 0 Å². The molecule has 1 N–H and O–H groups in total. The predicted molar refractivity (Wildman–Crippen MR) is 62.7 cm³/mol. The molecule has 1 heterocycles. The van der Waals surface area contributed by atoms with E-state index in [1.807, 2.05) is 0 Å². The van der Waals surface area contributed by atoms with Crippen LogP contribution in [0.4, 0.5) is 0 Å². The standard InChI is InChI=1S/C13H22N2O/c1-12(2)9-4-5-13(3,6-9)11(12)15-8-14-7-10(15)16/h9,11,14H,4-8H2,1-3H3. The molecule has 0 radical (unpaired) electrons. The van der Waals surface area contributed by atoms with Gasteiger partial charge < -0.3 is 4.90 Å². The SMILES string of the molecule is CC12CCC(C1)C(C)(C)C2N1CNCC1=O. The van der Waals surface area contributed by atoms with E-state index < -0.39 is 0 Å². The summed E-state index contributed by atoms with van der Waals surface area (Å²) < 4.78 is 0. The first-order valence-corrected chi connectivity index (χ1v) is 6.45. The lowest BCUT2D eigenvalue weighted by Gasteiger charge is -2.47. The fraction of sp³-hybridized carbons (Fsp3) is 0.923. The zero-order chi connectivity index (χ0) is 11.6. The summed E-state index contributed by atoms with van der Waals surface area (Å²) in [6, 6.07) is 0.446. The molecule has 0 aromatic rings. The summed E-state index contributed by atoms with van der Waals surface area (Å²) in [5.41, 5.74) is 0.671. The van der Waals surface area contributed by atoms with E-state index in [0.29, 0.717) is 29.3 Å². The number of amides is 1. The van der Waals surface area contributed by atoms with Crippen molar-refractivity contribution >= 4 is 5.91 Å². The molecule has 2 aliphatic carbocycles. The number of rotatable bonds is 1. The van der Waals surface area contributed by atoms with Crippen molar-refractivity contribution < 1.29 is 4.79 Å². The van der Waals surface area contributed by atoms with Crippen molar-refractivity contribution in [3.63, 3.8) is 0 Å². The summed E-state index contributed by atoms with van der Waals surface area (Å²) in [5.74, 6) is 1.11. The van der Waals surface area contributed by atoms with Gasteiger partial charge in [0.25, 0.3) is 0 Å². The van der Waals surface area contributed by atoms with Gasteiger partial charge in [-0.3, -0.25) is 10.1 Å². The number of fused-ring (bicyclic) bond motifs is 2. The van der Waals surface area contributed by atoms with Gasteiger partial charge in [0.05, 0.1) is 13.2 Å². The molecule has 16 heavy (non-hydrogen) atoms. The van der Waals surface area contributed by atoms with Gasteiger partial charge in [-0.2, -0.15) is 0 Å². The van der Waals surface area contributed by atoms with E-state index in [1.165, 1.54) is 19.3 Å². The molecule has 1 saturated heterocycles. The number of hydrogen-bond donors (Lipinski definition) is 1. The van der Waals surface area contributed by atoms with E-state index in [-0.39, 0.29) is 0 Å². The van der Waals surface area contributed by atoms with Gasteiger partial charge in [-0.1, -0.05) is 20.8 Å². The van der Waals surface area contributed by atoms with Crippen LogP contribution in [0.1, 0.15) is 40.0 Å². The minimum absolute atomic E-state index is 0.298. The Balaban J connectivity index is 1.96. The second-order valence-electron chi connectivity index (χ2n) is 6.77. The summed E-state index contributed by atoms with van der Waals surface area (Å²) in [7, 11) is 0. The Morgan fingerprint density at radius 1 is 1.38 bits per heavy atom. The molecule has 0 aromatic carbocycles. The quantitative estimate of drug-likeness (QED) is 0.730. The number of nitrogens with zero attached hydrogens (tertiary/aromatic N) is 1. The zero-order valence-corrected chi connectivity index (χ0v) is 10.5. The summed E-state index contributed by atoms with van der Waals surface area (Å²) >= 11 is 0. The molecule has 2 saturated carbocycles. The van der Waals surface area contributed by atoms with Gasteiger partial charge in [0.1, 0.15) is 0 Å². The molecular weight excluding hydrogens is 200 g/mol. The van der Waals surface area contributed by atoms with Crippen LogP contribution in [0.15, 0.2) is 0 Å². The molecule has 3 rings (SSSR count). The van der Waals surface area contributed by atoms with Crippen LogP contribution >= 0.6 is 0 Å². The van der Waals surface area contributed by atoms with Crippen LogP contribution in [0, 0.1) is 16.7 Å². The lowest BCUT2D eigenvalue weighted by Crippen LogP contribution is -2.53. The van der Waals surface area contributed by atoms with Crippen molar-refractivity contribution in [2.75, 3.05) is 13.2 Å². The van der Waals surface area contributed by atoms with Crippen LogP contribution in [0.25, 0.3) is 0 Å². The number of carbonyl (C=O) groups excluding carboxylic acids is 1. The van der Waals surface area contributed by atoms with E-state index in [9.17, 15) is 4.79 Å². The van der Waals surface area contributed by atoms with Crippen molar-refractivity contribution in [1.82, 2.24) is 10.2 Å². The molecule has 90 valence electrons. The van der Waals surface area contributed by atoms with Gasteiger partial charge >= 0.3 is 0 Å². The summed E-state index contributed by atoms with van der Waals surface area (Å²) in [5, 5.41) is 3.19. The van der Waals surface area contributed by atoms with Gasteiger partial charge in [0, 0.05) is 6.04 Å². The first-order chi connectivity index (χ1) is 7.45. The summed E-state index contributed by atoms with van der Waals surface area (Å²) in [6.45, 7) is 8.40. The lowest BCUT2D eigenvalue weighted by molar-refractivity contribution is -0.134. The van der Waals surface area contributed by atoms with Crippen LogP contribution in [-0.4, -0.2) is 30.1 Å². The first kappa shape index (κ1) is 10.6. The average Bonchev–Trinajstić information content (AvgIpc) is 2.78. The maximum atomic E-state index is 11.9. The highest BCUT2D eigenvalue weighted by atomic mass is 16.2. The maximum Gasteiger partial charge on any atom is 0.237 e. The molecule has 1 aliphatic heterocycles. The Kier molecular flexibility index (Phi) is 1.99. The van der Waals surface area contributed by atoms with E-state index >= 15 is 0 Å². The van der Waals surface area contributed by atoms with Crippen molar-refractivity contribution in [2.24, 2.45) is 16.7 Å². The average molecular weight is 222 g/mol. The molecule has 3 atom stereocenters. The third-order valence-electron chi connectivity index (χ3n) is 5.38. The van der Waals surface area contributed by atoms with Crippen LogP contribution in [-0.2, 0) is 4.79 Å². The molecule has 3 nitrogen and oxygen atoms in total. The highest BCUT2D eigenvalue weighted by Gasteiger charge is 2.62. The van der Waals surface area contributed by atoms with Crippen molar-refractivity contribution in [3.8, 4) is 0 Å². The smallest absolute Gasteiger partial charge is 0.237 e. The molecule has 0 aromatic heterocycles. The van der Waals surface area contributed by atoms with E-state index in [4.69, 9.17) is 0 Å². The third kappa shape index (κ3) is 1.15. The fourth-order valence-electron chi connectivity index (χ4n) is 4.76. The van der Waals surface area contributed by atoms with Crippen molar-refractivity contribution in [2.45, 2.75) is 46.1 Å². The fourth-order valence-corrected chi connectivity index (χ4v) is 4.76. The topological polar surface area (TPSA) is 32.3 Å². The van der Waals surface area contributed by atoms with Gasteiger partial charge in [0.2, 0.25) is 5.91 Å². The zero-order valence-electron chi connectivity index (χ0n) is 10.5. The molecular formula is C13H22N2O. The second kappa shape index (κ2) is 3.00. The molecule has 3 aliphatic rings. The second-order valence-corrected chi connectivity index (χ2v) is 6.77. The molecule has 3 heteroatoms. The Morgan fingerprint density at radius 3 is 2.62 bits per heavy atom. The summed E-state index contributed by atoms with van der Waals surface area (Å²) in [4.78, 5) is 14.0. The van der Waals surface area contributed by atoms with Crippen molar-refractivity contribution in [1.29, 1.82) is 0 Å². The highest BCUT2D eigenvalue weighted by molar-refractivity contribution is 5.80. The molecule has 1 amide bonds. The maximum absolute atomic E-state index is 11.9. The third-order valence-corrected chi connectivity index (χ3v) is 5.38.